The highest BCUT2D eigenvalue weighted by atomic mass is 35.5. The van der Waals surface area contributed by atoms with Gasteiger partial charge in [-0.05, 0) is 36.4 Å². The molecule has 0 fully saturated rings. The summed E-state index contributed by atoms with van der Waals surface area (Å²) >= 11 is 12.1. The summed E-state index contributed by atoms with van der Waals surface area (Å²) in [5.41, 5.74) is 0.954. The molecule has 0 amide bonds. The summed E-state index contributed by atoms with van der Waals surface area (Å²) in [7, 11) is 0. The van der Waals surface area contributed by atoms with Gasteiger partial charge in [-0.15, -0.1) is 0 Å². The van der Waals surface area contributed by atoms with Crippen LogP contribution in [0.1, 0.15) is 5.56 Å². The zero-order valence-electron chi connectivity index (χ0n) is 10.8. The third-order valence-electron chi connectivity index (χ3n) is 3.11. The molecule has 0 bridgehead atoms. The predicted octanol–water partition coefficient (Wildman–Crippen LogP) is 5.26. The smallest absolute Gasteiger partial charge is 0.146 e. The van der Waals surface area contributed by atoms with Gasteiger partial charge in [-0.2, -0.15) is 0 Å². The van der Waals surface area contributed by atoms with Crippen LogP contribution in [0.15, 0.2) is 48.7 Å². The van der Waals surface area contributed by atoms with Crippen LogP contribution in [0.2, 0.25) is 10.0 Å². The lowest BCUT2D eigenvalue weighted by Crippen LogP contribution is -2.00. The van der Waals surface area contributed by atoms with E-state index in [4.69, 9.17) is 27.9 Å². The summed E-state index contributed by atoms with van der Waals surface area (Å²) in [5.74, 6) is 0.142. The molecule has 3 rings (SSSR count). The van der Waals surface area contributed by atoms with Crippen LogP contribution in [-0.2, 0) is 6.61 Å². The molecular weight excluding hydrogens is 312 g/mol. The van der Waals surface area contributed by atoms with E-state index in [1.807, 2.05) is 6.07 Å². The number of halogens is 3. The standard InChI is InChI=1S/C16H10Cl2FNO/c17-12-4-1-5-14(19)11(12)9-21-15-7-6-13(18)10-3-2-8-20-16(10)15/h1-8H,9H2. The van der Waals surface area contributed by atoms with Crippen LogP contribution in [0.4, 0.5) is 4.39 Å². The third-order valence-corrected chi connectivity index (χ3v) is 3.80. The molecule has 0 unspecified atom stereocenters. The van der Waals surface area contributed by atoms with E-state index in [2.05, 4.69) is 4.98 Å². The average molecular weight is 322 g/mol. The van der Waals surface area contributed by atoms with E-state index in [1.54, 1.807) is 36.5 Å². The Morgan fingerprint density at radius 2 is 1.86 bits per heavy atom. The molecular formula is C16H10Cl2FNO. The second-order valence-electron chi connectivity index (χ2n) is 4.43. The number of fused-ring (bicyclic) bond motifs is 1. The van der Waals surface area contributed by atoms with Crippen molar-refractivity contribution in [2.24, 2.45) is 0 Å². The van der Waals surface area contributed by atoms with Crippen molar-refractivity contribution in [1.29, 1.82) is 0 Å². The Hall–Kier alpha value is -1.84. The van der Waals surface area contributed by atoms with Gasteiger partial charge in [0.15, 0.2) is 0 Å². The van der Waals surface area contributed by atoms with Gasteiger partial charge in [-0.25, -0.2) is 4.39 Å². The molecule has 0 aliphatic carbocycles. The lowest BCUT2D eigenvalue weighted by atomic mass is 10.2. The molecule has 0 radical (unpaired) electrons. The quantitative estimate of drug-likeness (QED) is 0.656. The molecule has 106 valence electrons. The fourth-order valence-electron chi connectivity index (χ4n) is 2.05. The highest BCUT2D eigenvalue weighted by molar-refractivity contribution is 6.35. The van der Waals surface area contributed by atoms with Crippen LogP contribution in [-0.4, -0.2) is 4.98 Å². The minimum atomic E-state index is -0.395. The number of nitrogens with zero attached hydrogens (tertiary/aromatic N) is 1. The molecule has 2 nitrogen and oxygen atoms in total. The van der Waals surface area contributed by atoms with Crippen molar-refractivity contribution in [3.05, 3.63) is 70.1 Å². The van der Waals surface area contributed by atoms with Gasteiger partial charge in [0.25, 0.3) is 0 Å². The first-order valence-electron chi connectivity index (χ1n) is 6.26. The lowest BCUT2D eigenvalue weighted by molar-refractivity contribution is 0.303. The van der Waals surface area contributed by atoms with Gasteiger partial charge in [0, 0.05) is 17.1 Å². The van der Waals surface area contributed by atoms with Crippen molar-refractivity contribution < 1.29 is 9.13 Å². The van der Waals surface area contributed by atoms with E-state index < -0.39 is 5.82 Å². The molecule has 1 heterocycles. The second-order valence-corrected chi connectivity index (χ2v) is 5.25. The van der Waals surface area contributed by atoms with Gasteiger partial charge >= 0.3 is 0 Å². The summed E-state index contributed by atoms with van der Waals surface area (Å²) in [5, 5.41) is 1.71. The molecule has 0 atom stereocenters. The van der Waals surface area contributed by atoms with Gasteiger partial charge in [-0.1, -0.05) is 29.3 Å². The van der Waals surface area contributed by atoms with Crippen molar-refractivity contribution in [3.8, 4) is 5.75 Å². The molecule has 1 aromatic heterocycles. The fourth-order valence-corrected chi connectivity index (χ4v) is 2.48. The summed E-state index contributed by atoms with van der Waals surface area (Å²) in [4.78, 5) is 4.26. The highest BCUT2D eigenvalue weighted by Gasteiger charge is 2.10. The van der Waals surface area contributed by atoms with E-state index in [-0.39, 0.29) is 6.61 Å². The lowest BCUT2D eigenvalue weighted by Gasteiger charge is -2.11. The zero-order valence-corrected chi connectivity index (χ0v) is 12.3. The van der Waals surface area contributed by atoms with Crippen LogP contribution in [0, 0.1) is 5.82 Å². The normalized spacial score (nSPS) is 10.8. The minimum absolute atomic E-state index is 0.0266. The number of rotatable bonds is 3. The monoisotopic (exact) mass is 321 g/mol. The van der Waals surface area contributed by atoms with E-state index in [0.29, 0.717) is 26.9 Å². The number of benzene rings is 2. The van der Waals surface area contributed by atoms with E-state index >= 15 is 0 Å². The minimum Gasteiger partial charge on any atom is -0.486 e. The van der Waals surface area contributed by atoms with E-state index in [9.17, 15) is 4.39 Å². The summed E-state index contributed by atoms with van der Waals surface area (Å²) in [6, 6.07) is 11.6. The van der Waals surface area contributed by atoms with Crippen LogP contribution in [0.25, 0.3) is 10.9 Å². The maximum Gasteiger partial charge on any atom is 0.146 e. The van der Waals surface area contributed by atoms with Crippen LogP contribution >= 0.6 is 23.2 Å². The van der Waals surface area contributed by atoms with Gasteiger partial charge < -0.3 is 4.74 Å². The first-order chi connectivity index (χ1) is 10.2. The van der Waals surface area contributed by atoms with Crippen molar-refractivity contribution >= 4 is 34.1 Å². The van der Waals surface area contributed by atoms with Crippen molar-refractivity contribution in [3.63, 3.8) is 0 Å². The van der Waals surface area contributed by atoms with E-state index in [0.717, 1.165) is 5.39 Å². The van der Waals surface area contributed by atoms with Gasteiger partial charge in [0.1, 0.15) is 23.7 Å². The summed E-state index contributed by atoms with van der Waals surface area (Å²) in [6.45, 7) is 0.0266. The third kappa shape index (κ3) is 2.80. The molecule has 5 heteroatoms. The zero-order chi connectivity index (χ0) is 14.8. The molecule has 0 spiro atoms. The maximum absolute atomic E-state index is 13.7. The Balaban J connectivity index is 1.94. The Morgan fingerprint density at radius 3 is 2.67 bits per heavy atom. The molecule has 2 aromatic carbocycles. The Bertz CT molecular complexity index is 787. The van der Waals surface area contributed by atoms with Crippen molar-refractivity contribution in [2.45, 2.75) is 6.61 Å². The summed E-state index contributed by atoms with van der Waals surface area (Å²) in [6.07, 6.45) is 1.65. The molecule has 0 aliphatic heterocycles. The highest BCUT2D eigenvalue weighted by Crippen LogP contribution is 2.30. The summed E-state index contributed by atoms with van der Waals surface area (Å²) < 4.78 is 19.4. The largest absolute Gasteiger partial charge is 0.486 e. The maximum atomic E-state index is 13.7. The Morgan fingerprint density at radius 1 is 1.00 bits per heavy atom. The molecule has 0 aliphatic rings. The van der Waals surface area contributed by atoms with Crippen LogP contribution < -0.4 is 4.74 Å². The average Bonchev–Trinajstić information content (AvgIpc) is 2.49. The van der Waals surface area contributed by atoms with Gasteiger partial charge in [0.05, 0.1) is 10.0 Å². The molecule has 0 saturated heterocycles. The van der Waals surface area contributed by atoms with Gasteiger partial charge in [-0.3, -0.25) is 4.98 Å². The van der Waals surface area contributed by atoms with Crippen LogP contribution in [0.5, 0.6) is 5.75 Å². The SMILES string of the molecule is Fc1cccc(Cl)c1COc1ccc(Cl)c2cccnc12. The second kappa shape index (κ2) is 5.88. The van der Waals surface area contributed by atoms with Crippen LogP contribution in [0.3, 0.4) is 0 Å². The Kier molecular flexibility index (Phi) is 3.95. The molecule has 3 aromatic rings. The van der Waals surface area contributed by atoms with Crippen molar-refractivity contribution in [1.82, 2.24) is 4.98 Å². The van der Waals surface area contributed by atoms with E-state index in [1.165, 1.54) is 6.07 Å². The molecule has 0 saturated carbocycles. The fraction of sp³-hybridized carbons (Fsp3) is 0.0625. The van der Waals surface area contributed by atoms with Crippen molar-refractivity contribution in [2.75, 3.05) is 0 Å². The number of hydrogen-bond donors (Lipinski definition) is 0. The Labute approximate surface area is 131 Å². The molecule has 0 N–H and O–H groups in total. The number of pyridine rings is 1. The first kappa shape index (κ1) is 14.1. The first-order valence-corrected chi connectivity index (χ1v) is 7.01. The molecule has 21 heavy (non-hydrogen) atoms. The topological polar surface area (TPSA) is 22.1 Å². The predicted molar refractivity (Wildman–Crippen MR) is 82.5 cm³/mol. The number of aromatic nitrogens is 1. The van der Waals surface area contributed by atoms with Gasteiger partial charge in [0.2, 0.25) is 0 Å². The number of hydrogen-bond acceptors (Lipinski definition) is 2. The number of ether oxygens (including phenoxy) is 1.